The molecule has 0 fully saturated rings. The van der Waals surface area contributed by atoms with Crippen molar-refractivity contribution in [1.29, 1.82) is 0 Å². The monoisotopic (exact) mass is 320 g/mol. The van der Waals surface area contributed by atoms with E-state index in [-0.39, 0.29) is 17.5 Å². The van der Waals surface area contributed by atoms with Gasteiger partial charge >= 0.3 is 11.2 Å². The fourth-order valence-electron chi connectivity index (χ4n) is 1.63. The Morgan fingerprint density at radius 1 is 1.56 bits per heavy atom. The van der Waals surface area contributed by atoms with E-state index in [2.05, 4.69) is 20.9 Å². The van der Waals surface area contributed by atoms with E-state index in [0.29, 0.717) is 5.33 Å². The van der Waals surface area contributed by atoms with Crippen LogP contribution < -0.4 is 5.56 Å². The molecule has 18 heavy (non-hydrogen) atoms. The first-order chi connectivity index (χ1) is 8.40. The van der Waals surface area contributed by atoms with Crippen molar-refractivity contribution in [3.05, 3.63) is 37.8 Å². The maximum atomic E-state index is 11.3. The van der Waals surface area contributed by atoms with Crippen molar-refractivity contribution in [1.82, 2.24) is 4.98 Å². The molecule has 0 aliphatic carbocycles. The van der Waals surface area contributed by atoms with Crippen molar-refractivity contribution in [2.45, 2.75) is 25.6 Å². The Hall–Kier alpha value is -1.25. The summed E-state index contributed by atoms with van der Waals surface area (Å²) in [7, 11) is 0. The van der Waals surface area contributed by atoms with Crippen LogP contribution in [0.3, 0.4) is 0 Å². The Labute approximate surface area is 111 Å². The number of nitro groups is 1. The van der Waals surface area contributed by atoms with E-state index >= 15 is 0 Å². The van der Waals surface area contributed by atoms with Gasteiger partial charge in [-0.1, -0.05) is 15.9 Å². The third-order valence-corrected chi connectivity index (χ3v) is 3.09. The van der Waals surface area contributed by atoms with Crippen LogP contribution in [0, 0.1) is 17.0 Å². The van der Waals surface area contributed by atoms with E-state index in [1.807, 2.05) is 0 Å². The number of pyridine rings is 1. The average Bonchev–Trinajstić information content (AvgIpc) is 2.28. The molecule has 0 spiro atoms. The maximum absolute atomic E-state index is 11.3. The topological polar surface area (TPSA) is 116 Å². The number of H-pyrrole nitrogens is 1. The lowest BCUT2D eigenvalue weighted by molar-refractivity contribution is -0.387. The highest BCUT2D eigenvalue weighted by atomic mass is 79.9. The SMILES string of the molecule is Cc1c(C(O)C(O)CCBr)c[nH]c(=O)c1[N+](=O)[O-]. The average molecular weight is 321 g/mol. The van der Waals surface area contributed by atoms with Gasteiger partial charge in [-0.3, -0.25) is 14.9 Å². The molecule has 1 heterocycles. The minimum atomic E-state index is -1.28. The molecule has 7 nitrogen and oxygen atoms in total. The van der Waals surface area contributed by atoms with Crippen molar-refractivity contribution >= 4 is 21.6 Å². The summed E-state index contributed by atoms with van der Waals surface area (Å²) in [6.07, 6.45) is -0.869. The van der Waals surface area contributed by atoms with Crippen molar-refractivity contribution in [2.24, 2.45) is 0 Å². The van der Waals surface area contributed by atoms with Gasteiger partial charge in [-0.2, -0.15) is 0 Å². The summed E-state index contributed by atoms with van der Waals surface area (Å²) in [5.74, 6) is 0. The number of aromatic amines is 1. The van der Waals surface area contributed by atoms with Gasteiger partial charge in [-0.25, -0.2) is 0 Å². The summed E-state index contributed by atoms with van der Waals surface area (Å²) in [5.41, 5.74) is -1.24. The summed E-state index contributed by atoms with van der Waals surface area (Å²) in [6, 6.07) is 0. The minimum Gasteiger partial charge on any atom is -0.390 e. The highest BCUT2D eigenvalue weighted by Crippen LogP contribution is 2.25. The number of aromatic nitrogens is 1. The normalized spacial score (nSPS) is 14.2. The van der Waals surface area contributed by atoms with Crippen LogP contribution >= 0.6 is 15.9 Å². The minimum absolute atomic E-state index is 0.0601. The molecule has 1 aromatic heterocycles. The standard InChI is InChI=1S/C10H13BrN2O5/c1-5-6(9(15)7(14)2-3-11)4-12-10(16)8(5)13(17)18/h4,7,9,14-15H,2-3H2,1H3,(H,12,16). The Morgan fingerprint density at radius 3 is 2.67 bits per heavy atom. The molecule has 1 aromatic rings. The number of halogens is 1. The Kier molecular flexibility index (Phi) is 5.00. The van der Waals surface area contributed by atoms with Crippen LogP contribution in [0.5, 0.6) is 0 Å². The zero-order valence-corrected chi connectivity index (χ0v) is 11.2. The third-order valence-electron chi connectivity index (χ3n) is 2.63. The highest BCUT2D eigenvalue weighted by molar-refractivity contribution is 9.09. The van der Waals surface area contributed by atoms with Crippen LogP contribution in [-0.4, -0.2) is 31.6 Å². The lowest BCUT2D eigenvalue weighted by Crippen LogP contribution is -2.22. The predicted octanol–water partition coefficient (Wildman–Crippen LogP) is 0.771. The Morgan fingerprint density at radius 2 is 2.17 bits per heavy atom. The van der Waals surface area contributed by atoms with Crippen molar-refractivity contribution in [3.8, 4) is 0 Å². The molecular formula is C10H13BrN2O5. The number of rotatable bonds is 5. The molecule has 2 atom stereocenters. The smallest absolute Gasteiger partial charge is 0.337 e. The van der Waals surface area contributed by atoms with Gasteiger partial charge < -0.3 is 15.2 Å². The summed E-state index contributed by atoms with van der Waals surface area (Å²) in [4.78, 5) is 23.4. The number of nitrogens with zero attached hydrogens (tertiary/aromatic N) is 1. The number of aliphatic hydroxyl groups excluding tert-OH is 2. The molecule has 100 valence electrons. The fraction of sp³-hybridized carbons (Fsp3) is 0.500. The molecule has 0 radical (unpaired) electrons. The summed E-state index contributed by atoms with van der Waals surface area (Å²) < 4.78 is 0. The number of alkyl halides is 1. The quantitative estimate of drug-likeness (QED) is 0.421. The van der Waals surface area contributed by atoms with Crippen LogP contribution in [0.15, 0.2) is 11.0 Å². The molecule has 2 unspecified atom stereocenters. The van der Waals surface area contributed by atoms with Gasteiger partial charge in [0.05, 0.1) is 11.0 Å². The summed E-state index contributed by atoms with van der Waals surface area (Å²) in [5, 5.41) is 30.8. The molecule has 1 rings (SSSR count). The summed E-state index contributed by atoms with van der Waals surface area (Å²) in [6.45, 7) is 1.37. The highest BCUT2D eigenvalue weighted by Gasteiger charge is 2.26. The molecule has 0 aliphatic heterocycles. The molecule has 0 aromatic carbocycles. The molecule has 0 saturated heterocycles. The second-order valence-electron chi connectivity index (χ2n) is 3.79. The third kappa shape index (κ3) is 2.95. The zero-order valence-electron chi connectivity index (χ0n) is 9.59. The van der Waals surface area contributed by atoms with Gasteiger partial charge in [0.25, 0.3) is 0 Å². The summed E-state index contributed by atoms with van der Waals surface area (Å²) >= 11 is 3.12. The lowest BCUT2D eigenvalue weighted by atomic mass is 9.99. The van der Waals surface area contributed by atoms with E-state index in [1.54, 1.807) is 0 Å². The Bertz CT molecular complexity index is 502. The maximum Gasteiger partial charge on any atom is 0.337 e. The van der Waals surface area contributed by atoms with Gasteiger partial charge in [0, 0.05) is 22.7 Å². The van der Waals surface area contributed by atoms with Crippen LogP contribution in [0.1, 0.15) is 23.7 Å². The van der Waals surface area contributed by atoms with Gasteiger partial charge in [-0.15, -0.1) is 0 Å². The van der Waals surface area contributed by atoms with Crippen LogP contribution in [0.25, 0.3) is 0 Å². The van der Waals surface area contributed by atoms with Crippen molar-refractivity contribution in [3.63, 3.8) is 0 Å². The van der Waals surface area contributed by atoms with Gasteiger partial charge in [0.1, 0.15) is 6.10 Å². The largest absolute Gasteiger partial charge is 0.390 e. The van der Waals surface area contributed by atoms with E-state index < -0.39 is 28.4 Å². The first-order valence-electron chi connectivity index (χ1n) is 5.18. The van der Waals surface area contributed by atoms with Gasteiger partial charge in [0.15, 0.2) is 0 Å². The van der Waals surface area contributed by atoms with Crippen LogP contribution in [-0.2, 0) is 0 Å². The molecular weight excluding hydrogens is 308 g/mol. The molecule has 0 amide bonds. The first-order valence-corrected chi connectivity index (χ1v) is 6.31. The number of nitrogens with one attached hydrogen (secondary N) is 1. The van der Waals surface area contributed by atoms with E-state index in [0.717, 1.165) is 0 Å². The second-order valence-corrected chi connectivity index (χ2v) is 4.59. The molecule has 8 heteroatoms. The second kappa shape index (κ2) is 6.07. The van der Waals surface area contributed by atoms with E-state index in [1.165, 1.54) is 13.1 Å². The molecule has 0 aliphatic rings. The fourth-order valence-corrected chi connectivity index (χ4v) is 2.10. The first kappa shape index (κ1) is 14.8. The predicted molar refractivity (Wildman–Crippen MR) is 67.8 cm³/mol. The molecule has 0 saturated carbocycles. The number of hydrogen-bond donors (Lipinski definition) is 3. The molecule has 3 N–H and O–H groups in total. The van der Waals surface area contributed by atoms with E-state index in [9.17, 15) is 25.1 Å². The zero-order chi connectivity index (χ0) is 13.9. The Balaban J connectivity index is 3.23. The number of aliphatic hydroxyl groups is 2. The van der Waals surface area contributed by atoms with Crippen LogP contribution in [0.2, 0.25) is 0 Å². The van der Waals surface area contributed by atoms with Gasteiger partial charge in [-0.05, 0) is 13.3 Å². The number of hydrogen-bond acceptors (Lipinski definition) is 5. The van der Waals surface area contributed by atoms with Gasteiger partial charge in [0.2, 0.25) is 0 Å². The van der Waals surface area contributed by atoms with Crippen LogP contribution in [0.4, 0.5) is 5.69 Å². The van der Waals surface area contributed by atoms with Crippen molar-refractivity contribution < 1.29 is 15.1 Å². The lowest BCUT2D eigenvalue weighted by Gasteiger charge is -2.18. The van der Waals surface area contributed by atoms with Crippen molar-refractivity contribution in [2.75, 3.05) is 5.33 Å². The van der Waals surface area contributed by atoms with E-state index in [4.69, 9.17) is 0 Å². The molecule has 0 bridgehead atoms.